The third-order valence-electron chi connectivity index (χ3n) is 3.56. The van der Waals surface area contributed by atoms with Crippen LogP contribution in [-0.4, -0.2) is 17.0 Å². The maximum absolute atomic E-state index is 11.9. The topological polar surface area (TPSA) is 66.4 Å². The van der Waals surface area contributed by atoms with E-state index in [1.54, 1.807) is 12.1 Å². The molecule has 106 valence electrons. The monoisotopic (exact) mass is 281 g/mol. The standard InChI is InChI=1S/C17H15NO3/c19-16(12-6-7-12)18-15-10-13(8-9-14(15)17(20)21)11-4-2-1-3-5-11/h1-5,8-10,12H,6-7H2,(H,18,19)(H,20,21). The lowest BCUT2D eigenvalue weighted by Gasteiger charge is -2.11. The number of benzene rings is 2. The highest BCUT2D eigenvalue weighted by molar-refractivity contribution is 6.02. The molecule has 0 radical (unpaired) electrons. The Balaban J connectivity index is 1.97. The average molecular weight is 281 g/mol. The Morgan fingerprint density at radius 1 is 1.00 bits per heavy atom. The summed E-state index contributed by atoms with van der Waals surface area (Å²) in [5, 5.41) is 12.0. The van der Waals surface area contributed by atoms with E-state index in [9.17, 15) is 14.7 Å². The van der Waals surface area contributed by atoms with E-state index >= 15 is 0 Å². The van der Waals surface area contributed by atoms with Crippen LogP contribution in [0.25, 0.3) is 11.1 Å². The summed E-state index contributed by atoms with van der Waals surface area (Å²) in [4.78, 5) is 23.2. The molecule has 0 spiro atoms. The molecule has 2 aromatic rings. The van der Waals surface area contributed by atoms with Crippen LogP contribution in [0.15, 0.2) is 48.5 Å². The van der Waals surface area contributed by atoms with Gasteiger partial charge in [0.25, 0.3) is 0 Å². The lowest BCUT2D eigenvalue weighted by Crippen LogP contribution is -2.16. The van der Waals surface area contributed by atoms with Crippen molar-refractivity contribution >= 4 is 17.6 Å². The number of nitrogens with one attached hydrogen (secondary N) is 1. The first-order valence-electron chi connectivity index (χ1n) is 6.89. The fourth-order valence-corrected chi connectivity index (χ4v) is 2.22. The number of anilines is 1. The molecule has 1 amide bonds. The highest BCUT2D eigenvalue weighted by Crippen LogP contribution is 2.32. The zero-order valence-electron chi connectivity index (χ0n) is 11.4. The molecule has 2 N–H and O–H groups in total. The fraction of sp³-hybridized carbons (Fsp3) is 0.176. The summed E-state index contributed by atoms with van der Waals surface area (Å²) in [7, 11) is 0. The molecule has 1 fully saturated rings. The van der Waals surface area contributed by atoms with Crippen LogP contribution in [0.2, 0.25) is 0 Å². The molecule has 4 heteroatoms. The normalized spacial score (nSPS) is 13.7. The predicted octanol–water partition coefficient (Wildman–Crippen LogP) is 3.40. The van der Waals surface area contributed by atoms with Gasteiger partial charge in [0.15, 0.2) is 0 Å². The Kier molecular flexibility index (Phi) is 3.44. The second kappa shape index (κ2) is 5.40. The van der Waals surface area contributed by atoms with Crippen LogP contribution in [0.3, 0.4) is 0 Å². The SMILES string of the molecule is O=C(O)c1ccc(-c2ccccc2)cc1NC(=O)C1CC1. The summed E-state index contributed by atoms with van der Waals surface area (Å²) in [6, 6.07) is 14.7. The van der Waals surface area contributed by atoms with Crippen molar-refractivity contribution in [2.45, 2.75) is 12.8 Å². The number of rotatable bonds is 4. The number of carboxylic acids is 1. The van der Waals surface area contributed by atoms with E-state index in [2.05, 4.69) is 5.32 Å². The van der Waals surface area contributed by atoms with Crippen LogP contribution in [0.5, 0.6) is 0 Å². The van der Waals surface area contributed by atoms with Gasteiger partial charge >= 0.3 is 5.97 Å². The number of aromatic carboxylic acids is 1. The van der Waals surface area contributed by atoms with Crippen molar-refractivity contribution in [1.82, 2.24) is 0 Å². The highest BCUT2D eigenvalue weighted by atomic mass is 16.4. The summed E-state index contributed by atoms with van der Waals surface area (Å²) >= 11 is 0. The van der Waals surface area contributed by atoms with Crippen LogP contribution < -0.4 is 5.32 Å². The molecular weight excluding hydrogens is 266 g/mol. The molecule has 0 atom stereocenters. The molecule has 1 aliphatic rings. The largest absolute Gasteiger partial charge is 0.478 e. The Hall–Kier alpha value is -2.62. The van der Waals surface area contributed by atoms with Gasteiger partial charge in [-0.25, -0.2) is 4.79 Å². The number of hydrogen-bond donors (Lipinski definition) is 2. The number of carboxylic acid groups (broad SMARTS) is 1. The molecule has 2 aromatic carbocycles. The second-order valence-electron chi connectivity index (χ2n) is 5.20. The number of carbonyl (C=O) groups excluding carboxylic acids is 1. The molecule has 1 saturated carbocycles. The summed E-state index contributed by atoms with van der Waals surface area (Å²) in [6.45, 7) is 0. The summed E-state index contributed by atoms with van der Waals surface area (Å²) in [5.74, 6) is -1.10. The van der Waals surface area contributed by atoms with Crippen molar-refractivity contribution in [3.8, 4) is 11.1 Å². The molecule has 0 heterocycles. The predicted molar refractivity (Wildman–Crippen MR) is 80.2 cm³/mol. The molecule has 3 rings (SSSR count). The third-order valence-corrected chi connectivity index (χ3v) is 3.56. The van der Waals surface area contributed by atoms with Crippen LogP contribution in [0.4, 0.5) is 5.69 Å². The Morgan fingerprint density at radius 2 is 1.71 bits per heavy atom. The van der Waals surface area contributed by atoms with Crippen molar-refractivity contribution in [2.24, 2.45) is 5.92 Å². The first kappa shape index (κ1) is 13.4. The van der Waals surface area contributed by atoms with E-state index in [4.69, 9.17) is 0 Å². The van der Waals surface area contributed by atoms with Gasteiger partial charge in [-0.1, -0.05) is 36.4 Å². The lowest BCUT2D eigenvalue weighted by atomic mass is 10.0. The Bertz CT molecular complexity index is 690. The zero-order chi connectivity index (χ0) is 14.8. The maximum atomic E-state index is 11.9. The zero-order valence-corrected chi connectivity index (χ0v) is 11.4. The molecule has 0 aromatic heterocycles. The van der Waals surface area contributed by atoms with Crippen LogP contribution in [-0.2, 0) is 4.79 Å². The van der Waals surface area contributed by atoms with Gasteiger partial charge in [-0.15, -0.1) is 0 Å². The molecule has 21 heavy (non-hydrogen) atoms. The van der Waals surface area contributed by atoms with Crippen LogP contribution in [0, 0.1) is 5.92 Å². The first-order chi connectivity index (χ1) is 10.1. The van der Waals surface area contributed by atoms with E-state index in [1.165, 1.54) is 6.07 Å². The summed E-state index contributed by atoms with van der Waals surface area (Å²) in [5.41, 5.74) is 2.34. The van der Waals surface area contributed by atoms with Crippen molar-refractivity contribution in [2.75, 3.05) is 5.32 Å². The summed E-state index contributed by atoms with van der Waals surface area (Å²) in [6.07, 6.45) is 1.76. The van der Waals surface area contributed by atoms with Gasteiger partial charge < -0.3 is 10.4 Å². The average Bonchev–Trinajstić information content (AvgIpc) is 3.32. The van der Waals surface area contributed by atoms with Gasteiger partial charge in [0.1, 0.15) is 0 Å². The fourth-order valence-electron chi connectivity index (χ4n) is 2.22. The van der Waals surface area contributed by atoms with Gasteiger partial charge in [-0.3, -0.25) is 4.79 Å². The van der Waals surface area contributed by atoms with Gasteiger partial charge in [-0.05, 0) is 36.1 Å². The van der Waals surface area contributed by atoms with Gasteiger partial charge in [-0.2, -0.15) is 0 Å². The maximum Gasteiger partial charge on any atom is 0.337 e. The van der Waals surface area contributed by atoms with Crippen molar-refractivity contribution < 1.29 is 14.7 Å². The van der Waals surface area contributed by atoms with E-state index in [-0.39, 0.29) is 17.4 Å². The number of hydrogen-bond acceptors (Lipinski definition) is 2. The van der Waals surface area contributed by atoms with Crippen molar-refractivity contribution in [1.29, 1.82) is 0 Å². The minimum absolute atomic E-state index is 0.0343. The molecule has 0 bridgehead atoms. The van der Waals surface area contributed by atoms with Crippen molar-refractivity contribution in [3.05, 3.63) is 54.1 Å². The van der Waals surface area contributed by atoms with E-state index in [0.29, 0.717) is 5.69 Å². The third kappa shape index (κ3) is 2.94. The van der Waals surface area contributed by atoms with Gasteiger partial charge in [0, 0.05) is 5.92 Å². The Labute approximate surface area is 122 Å². The second-order valence-corrected chi connectivity index (χ2v) is 5.20. The molecule has 4 nitrogen and oxygen atoms in total. The van der Waals surface area contributed by atoms with E-state index < -0.39 is 5.97 Å². The van der Waals surface area contributed by atoms with Crippen LogP contribution in [0.1, 0.15) is 23.2 Å². The van der Waals surface area contributed by atoms with Crippen LogP contribution >= 0.6 is 0 Å². The molecular formula is C17H15NO3. The molecule has 1 aliphatic carbocycles. The first-order valence-corrected chi connectivity index (χ1v) is 6.89. The quantitative estimate of drug-likeness (QED) is 0.902. The molecule has 0 aliphatic heterocycles. The minimum Gasteiger partial charge on any atom is -0.478 e. The summed E-state index contributed by atoms with van der Waals surface area (Å²) < 4.78 is 0. The number of carbonyl (C=O) groups is 2. The minimum atomic E-state index is -1.04. The Morgan fingerprint density at radius 3 is 2.33 bits per heavy atom. The highest BCUT2D eigenvalue weighted by Gasteiger charge is 2.30. The van der Waals surface area contributed by atoms with E-state index in [0.717, 1.165) is 24.0 Å². The number of amides is 1. The van der Waals surface area contributed by atoms with Crippen molar-refractivity contribution in [3.63, 3.8) is 0 Å². The van der Waals surface area contributed by atoms with Gasteiger partial charge in [0.2, 0.25) is 5.91 Å². The lowest BCUT2D eigenvalue weighted by molar-refractivity contribution is -0.117. The van der Waals surface area contributed by atoms with Gasteiger partial charge in [0.05, 0.1) is 11.3 Å². The van der Waals surface area contributed by atoms with E-state index in [1.807, 2.05) is 30.3 Å². The smallest absolute Gasteiger partial charge is 0.337 e. The molecule has 0 unspecified atom stereocenters. The molecule has 0 saturated heterocycles.